The second-order valence-electron chi connectivity index (χ2n) is 6.25. The summed E-state index contributed by atoms with van der Waals surface area (Å²) in [6, 6.07) is 12.7. The van der Waals surface area contributed by atoms with E-state index in [0.717, 1.165) is 22.5 Å². The number of anilines is 4. The van der Waals surface area contributed by atoms with Gasteiger partial charge in [-0.15, -0.1) is 0 Å². The number of halogens is 1. The number of benzene rings is 2. The van der Waals surface area contributed by atoms with E-state index in [9.17, 15) is 4.79 Å². The van der Waals surface area contributed by atoms with Gasteiger partial charge in [0.25, 0.3) is 0 Å². The van der Waals surface area contributed by atoms with Crippen LogP contribution < -0.4 is 10.6 Å². The number of nitrogens with zero attached hydrogens (tertiary/aromatic N) is 2. The van der Waals surface area contributed by atoms with Crippen molar-refractivity contribution in [3.63, 3.8) is 0 Å². The topological polar surface area (TPSA) is 76.1 Å². The van der Waals surface area contributed by atoms with Crippen LogP contribution in [-0.4, -0.2) is 22.5 Å². The van der Waals surface area contributed by atoms with Gasteiger partial charge < -0.3 is 15.4 Å². The van der Waals surface area contributed by atoms with Crippen molar-refractivity contribution >= 4 is 40.7 Å². The number of carbonyl (C=O) groups is 1. The van der Waals surface area contributed by atoms with Crippen LogP contribution in [0.15, 0.2) is 48.7 Å². The van der Waals surface area contributed by atoms with E-state index in [1.807, 2.05) is 26.0 Å². The van der Waals surface area contributed by atoms with E-state index in [1.165, 1.54) is 0 Å². The molecule has 0 aliphatic heterocycles. The molecule has 6 nitrogen and oxygen atoms in total. The van der Waals surface area contributed by atoms with Gasteiger partial charge in [0.15, 0.2) is 0 Å². The molecule has 2 aromatic carbocycles. The Hall–Kier alpha value is -3.12. The lowest BCUT2D eigenvalue weighted by atomic mass is 10.1. The van der Waals surface area contributed by atoms with E-state index in [-0.39, 0.29) is 5.97 Å². The molecule has 0 saturated carbocycles. The summed E-state index contributed by atoms with van der Waals surface area (Å²) in [5.41, 5.74) is 4.18. The Bertz CT molecular complexity index is 967. The SMILES string of the molecule is CCOC(=O)c1ccc(Nc2ccnc(Nc3c(C)cc(C)cc3Cl)n2)cc1. The third kappa shape index (κ3) is 4.78. The number of rotatable bonds is 6. The van der Waals surface area contributed by atoms with Gasteiger partial charge in [0.05, 0.1) is 22.9 Å². The Labute approximate surface area is 168 Å². The van der Waals surface area contributed by atoms with Gasteiger partial charge in [-0.3, -0.25) is 0 Å². The van der Waals surface area contributed by atoms with Crippen molar-refractivity contribution in [1.29, 1.82) is 0 Å². The van der Waals surface area contributed by atoms with Gasteiger partial charge in [0, 0.05) is 11.9 Å². The van der Waals surface area contributed by atoms with Crippen molar-refractivity contribution in [2.45, 2.75) is 20.8 Å². The van der Waals surface area contributed by atoms with E-state index in [2.05, 4.69) is 20.6 Å². The number of ether oxygens (including phenoxy) is 1. The standard InChI is InChI=1S/C21H21ClN4O2/c1-4-28-20(27)15-5-7-16(8-6-15)24-18-9-10-23-21(25-18)26-19-14(3)11-13(2)12-17(19)22/h5-12H,4H2,1-3H3,(H2,23,24,25,26). The van der Waals surface area contributed by atoms with Crippen molar-refractivity contribution in [3.05, 3.63) is 70.4 Å². The number of aryl methyl sites for hydroxylation is 2. The lowest BCUT2D eigenvalue weighted by Gasteiger charge is -2.12. The Morgan fingerprint density at radius 3 is 2.54 bits per heavy atom. The van der Waals surface area contributed by atoms with Gasteiger partial charge in [0.2, 0.25) is 5.95 Å². The van der Waals surface area contributed by atoms with Crippen molar-refractivity contribution in [2.75, 3.05) is 17.2 Å². The average molecular weight is 397 g/mol. The van der Waals surface area contributed by atoms with Crippen LogP contribution in [0.3, 0.4) is 0 Å². The molecule has 1 heterocycles. The Morgan fingerprint density at radius 2 is 1.86 bits per heavy atom. The number of hydrogen-bond donors (Lipinski definition) is 2. The third-order valence-corrected chi connectivity index (χ3v) is 4.29. The third-order valence-electron chi connectivity index (χ3n) is 3.99. The Balaban J connectivity index is 1.74. The van der Waals surface area contributed by atoms with Gasteiger partial charge in [-0.25, -0.2) is 9.78 Å². The van der Waals surface area contributed by atoms with Crippen LogP contribution in [-0.2, 0) is 4.74 Å². The zero-order valence-corrected chi connectivity index (χ0v) is 16.7. The number of nitrogens with one attached hydrogen (secondary N) is 2. The van der Waals surface area contributed by atoms with Gasteiger partial charge in [-0.1, -0.05) is 17.7 Å². The summed E-state index contributed by atoms with van der Waals surface area (Å²) < 4.78 is 4.99. The maximum Gasteiger partial charge on any atom is 0.338 e. The fourth-order valence-corrected chi connectivity index (χ4v) is 3.09. The zero-order valence-electron chi connectivity index (χ0n) is 15.9. The number of carbonyl (C=O) groups excluding carboxylic acids is 1. The molecule has 0 atom stereocenters. The Kier molecular flexibility index (Phi) is 6.11. The highest BCUT2D eigenvalue weighted by atomic mass is 35.5. The number of hydrogen-bond acceptors (Lipinski definition) is 6. The predicted octanol–water partition coefficient (Wildman–Crippen LogP) is 5.41. The molecule has 7 heteroatoms. The lowest BCUT2D eigenvalue weighted by molar-refractivity contribution is 0.0526. The van der Waals surface area contributed by atoms with Crippen LogP contribution in [0, 0.1) is 13.8 Å². The van der Waals surface area contributed by atoms with Crippen molar-refractivity contribution in [3.8, 4) is 0 Å². The molecule has 2 N–H and O–H groups in total. The van der Waals surface area contributed by atoms with E-state index in [4.69, 9.17) is 16.3 Å². The van der Waals surface area contributed by atoms with Crippen LogP contribution in [0.2, 0.25) is 5.02 Å². The molecule has 1 aromatic heterocycles. The van der Waals surface area contributed by atoms with Gasteiger partial charge in [-0.05, 0) is 68.3 Å². The van der Waals surface area contributed by atoms with Crippen molar-refractivity contribution in [2.24, 2.45) is 0 Å². The van der Waals surface area contributed by atoms with E-state index < -0.39 is 0 Å². The largest absolute Gasteiger partial charge is 0.462 e. The second kappa shape index (κ2) is 8.71. The Morgan fingerprint density at radius 1 is 1.11 bits per heavy atom. The summed E-state index contributed by atoms with van der Waals surface area (Å²) in [5, 5.41) is 6.99. The molecule has 144 valence electrons. The van der Waals surface area contributed by atoms with E-state index in [1.54, 1.807) is 43.5 Å². The average Bonchev–Trinajstić information content (AvgIpc) is 2.66. The van der Waals surface area contributed by atoms with Crippen LogP contribution in [0.25, 0.3) is 0 Å². The first-order valence-corrected chi connectivity index (χ1v) is 9.25. The molecular weight excluding hydrogens is 376 g/mol. The number of aromatic nitrogens is 2. The van der Waals surface area contributed by atoms with Crippen molar-refractivity contribution in [1.82, 2.24) is 9.97 Å². The van der Waals surface area contributed by atoms with E-state index >= 15 is 0 Å². The summed E-state index contributed by atoms with van der Waals surface area (Å²) in [4.78, 5) is 20.5. The molecule has 0 amide bonds. The minimum atomic E-state index is -0.340. The molecule has 0 aliphatic rings. The monoisotopic (exact) mass is 396 g/mol. The molecule has 3 rings (SSSR count). The van der Waals surface area contributed by atoms with Crippen LogP contribution >= 0.6 is 11.6 Å². The normalized spacial score (nSPS) is 10.4. The molecule has 28 heavy (non-hydrogen) atoms. The number of esters is 1. The fraction of sp³-hybridized carbons (Fsp3) is 0.190. The van der Waals surface area contributed by atoms with Crippen LogP contribution in [0.4, 0.5) is 23.1 Å². The molecule has 0 aliphatic carbocycles. The molecule has 0 spiro atoms. The molecular formula is C21H21ClN4O2. The van der Waals surface area contributed by atoms with Crippen LogP contribution in [0.1, 0.15) is 28.4 Å². The van der Waals surface area contributed by atoms with Gasteiger partial charge in [0.1, 0.15) is 5.82 Å². The second-order valence-corrected chi connectivity index (χ2v) is 6.66. The molecule has 0 bridgehead atoms. The molecule has 0 radical (unpaired) electrons. The summed E-state index contributed by atoms with van der Waals surface area (Å²) in [6.45, 7) is 6.10. The first kappa shape index (κ1) is 19.6. The highest BCUT2D eigenvalue weighted by Crippen LogP contribution is 2.29. The van der Waals surface area contributed by atoms with Crippen LogP contribution in [0.5, 0.6) is 0 Å². The first-order chi connectivity index (χ1) is 13.5. The zero-order chi connectivity index (χ0) is 20.1. The maximum absolute atomic E-state index is 11.7. The molecule has 0 fully saturated rings. The predicted molar refractivity (Wildman–Crippen MR) is 112 cm³/mol. The molecule has 3 aromatic rings. The maximum atomic E-state index is 11.7. The summed E-state index contributed by atoms with van der Waals surface area (Å²) in [5.74, 6) is 0.706. The minimum absolute atomic E-state index is 0.340. The fourth-order valence-electron chi connectivity index (χ4n) is 2.73. The lowest BCUT2D eigenvalue weighted by Crippen LogP contribution is -2.05. The summed E-state index contributed by atoms with van der Waals surface area (Å²) in [6.07, 6.45) is 1.65. The quantitative estimate of drug-likeness (QED) is 0.542. The van der Waals surface area contributed by atoms with Crippen molar-refractivity contribution < 1.29 is 9.53 Å². The smallest absolute Gasteiger partial charge is 0.338 e. The molecule has 0 unspecified atom stereocenters. The minimum Gasteiger partial charge on any atom is -0.462 e. The first-order valence-electron chi connectivity index (χ1n) is 8.87. The van der Waals surface area contributed by atoms with Gasteiger partial charge >= 0.3 is 5.97 Å². The van der Waals surface area contributed by atoms with E-state index in [0.29, 0.717) is 29.0 Å². The highest BCUT2D eigenvalue weighted by Gasteiger charge is 2.09. The molecule has 0 saturated heterocycles. The summed E-state index contributed by atoms with van der Waals surface area (Å²) >= 11 is 6.35. The van der Waals surface area contributed by atoms with Gasteiger partial charge in [-0.2, -0.15) is 4.98 Å². The summed E-state index contributed by atoms with van der Waals surface area (Å²) in [7, 11) is 0. The highest BCUT2D eigenvalue weighted by molar-refractivity contribution is 6.33.